The molecule has 3 N–H and O–H groups in total. The topological polar surface area (TPSA) is 101 Å². The van der Waals surface area contributed by atoms with Gasteiger partial charge in [-0.3, -0.25) is 4.79 Å². The molecule has 0 unspecified atom stereocenters. The number of nitrogens with zero attached hydrogens (tertiary/aromatic N) is 2. The molecule has 8 nitrogen and oxygen atoms in total. The average Bonchev–Trinajstić information content (AvgIpc) is 3.74. The zero-order valence-electron chi connectivity index (χ0n) is 27.8. The van der Waals surface area contributed by atoms with E-state index in [-0.39, 0.29) is 22.8 Å². The van der Waals surface area contributed by atoms with E-state index in [1.165, 1.54) is 35.1 Å². The Bertz CT molecular complexity index is 1690. The summed E-state index contributed by atoms with van der Waals surface area (Å²) in [5.74, 6) is 2.23. The second-order valence-electron chi connectivity index (χ2n) is 14.2. The third-order valence-corrected chi connectivity index (χ3v) is 9.64. The van der Waals surface area contributed by atoms with Gasteiger partial charge in [0.2, 0.25) is 5.95 Å². The van der Waals surface area contributed by atoms with Crippen LogP contribution in [0, 0.1) is 6.92 Å². The summed E-state index contributed by atoms with van der Waals surface area (Å²) in [4.78, 5) is 21.9. The predicted octanol–water partition coefficient (Wildman–Crippen LogP) is 7.45. The minimum Gasteiger partial charge on any atom is -0.456 e. The van der Waals surface area contributed by atoms with Crippen molar-refractivity contribution in [2.75, 3.05) is 23.8 Å². The minimum atomic E-state index is -0.222. The van der Waals surface area contributed by atoms with Crippen LogP contribution in [0.2, 0.25) is 0 Å². The summed E-state index contributed by atoms with van der Waals surface area (Å²) in [6, 6.07) is 18.4. The highest BCUT2D eigenvalue weighted by Gasteiger charge is 2.37. The van der Waals surface area contributed by atoms with Gasteiger partial charge in [0.1, 0.15) is 11.6 Å². The summed E-state index contributed by atoms with van der Waals surface area (Å²) in [6.07, 6.45) is 7.22. The van der Waals surface area contributed by atoms with Gasteiger partial charge in [-0.1, -0.05) is 64.1 Å². The van der Waals surface area contributed by atoms with E-state index < -0.39 is 0 Å². The maximum atomic E-state index is 13.0. The lowest BCUT2D eigenvalue weighted by molar-refractivity contribution is 0.0921. The molecule has 4 aromatic rings. The molecule has 1 amide bonds. The van der Waals surface area contributed by atoms with Gasteiger partial charge < -0.3 is 25.1 Å². The molecule has 1 aliphatic heterocycles. The minimum absolute atomic E-state index is 0.148. The number of amides is 1. The largest absolute Gasteiger partial charge is 0.456 e. The molecule has 8 heteroatoms. The fourth-order valence-corrected chi connectivity index (χ4v) is 6.61. The Morgan fingerprint density at radius 3 is 2.46 bits per heavy atom. The monoisotopic (exact) mass is 621 g/mol. The number of anilines is 2. The number of ether oxygens (including phenoxy) is 1. The molecule has 0 saturated carbocycles. The third kappa shape index (κ3) is 7.44. The van der Waals surface area contributed by atoms with Crippen LogP contribution >= 0.6 is 0 Å². The molecule has 6 rings (SSSR count). The summed E-state index contributed by atoms with van der Waals surface area (Å²) in [5.41, 5.74) is 7.83. The highest BCUT2D eigenvalue weighted by molar-refractivity contribution is 5.91. The smallest absolute Gasteiger partial charge is 0.287 e. The van der Waals surface area contributed by atoms with Gasteiger partial charge >= 0.3 is 0 Å². The van der Waals surface area contributed by atoms with E-state index in [4.69, 9.17) is 9.15 Å². The van der Waals surface area contributed by atoms with E-state index in [2.05, 4.69) is 78.7 Å². The molecule has 242 valence electrons. The van der Waals surface area contributed by atoms with Gasteiger partial charge in [-0.2, -0.15) is 4.98 Å². The summed E-state index contributed by atoms with van der Waals surface area (Å²) >= 11 is 0. The van der Waals surface area contributed by atoms with Crippen molar-refractivity contribution in [2.45, 2.75) is 96.7 Å². The van der Waals surface area contributed by atoms with Gasteiger partial charge in [-0.15, -0.1) is 0 Å². The van der Waals surface area contributed by atoms with E-state index in [1.807, 2.05) is 30.3 Å². The number of furan rings is 1. The van der Waals surface area contributed by atoms with Crippen molar-refractivity contribution in [2.24, 2.45) is 0 Å². The van der Waals surface area contributed by atoms with Crippen molar-refractivity contribution in [3.8, 4) is 0 Å². The van der Waals surface area contributed by atoms with E-state index in [0.717, 1.165) is 48.7 Å². The van der Waals surface area contributed by atoms with E-state index >= 15 is 0 Å². The van der Waals surface area contributed by atoms with Crippen molar-refractivity contribution >= 4 is 17.7 Å². The summed E-state index contributed by atoms with van der Waals surface area (Å²) in [6.45, 7) is 14.1. The maximum Gasteiger partial charge on any atom is 0.287 e. The first-order chi connectivity index (χ1) is 22.1. The molecular formula is C38H47N5O3. The Labute approximate surface area is 272 Å². The lowest BCUT2D eigenvalue weighted by atomic mass is 9.62. The Morgan fingerprint density at radius 2 is 1.70 bits per heavy atom. The Hall–Kier alpha value is -4.17. The SMILES string of the molecule is Cc1cc2c(cc1Cc1ccc(C(=O)NCc3cccc(CNc4nccc(NC[C@@H]5CCCO5)n4)c3)o1)C(C)(C)CCC2(C)C. The first kappa shape index (κ1) is 31.8. The highest BCUT2D eigenvalue weighted by Crippen LogP contribution is 2.46. The number of rotatable bonds is 11. The molecule has 46 heavy (non-hydrogen) atoms. The standard InChI is InChI=1S/C38H47N5O3/c1-25-18-31-32(38(4,5)15-14-37(31,2)3)21-28(25)20-29-11-12-33(46-29)35(44)41-22-26-8-6-9-27(19-26)23-42-36-39-16-13-34(43-36)40-24-30-10-7-17-45-30/h6,8-9,11-13,16,18-19,21,30H,7,10,14-15,17,20,22-24H2,1-5H3,(H,41,44)(H2,39,40,42,43)/t30-/m0/s1. The molecule has 2 aromatic carbocycles. The molecule has 0 bridgehead atoms. The number of fused-ring (bicyclic) bond motifs is 1. The Kier molecular flexibility index (Phi) is 9.18. The molecule has 3 heterocycles. The fourth-order valence-electron chi connectivity index (χ4n) is 6.61. The van der Waals surface area contributed by atoms with Gasteiger partial charge in [0.25, 0.3) is 5.91 Å². The van der Waals surface area contributed by atoms with E-state index in [9.17, 15) is 4.79 Å². The number of benzene rings is 2. The average molecular weight is 622 g/mol. The van der Waals surface area contributed by atoms with E-state index in [1.54, 1.807) is 12.3 Å². The summed E-state index contributed by atoms with van der Waals surface area (Å²) in [7, 11) is 0. The quantitative estimate of drug-likeness (QED) is 0.160. The second kappa shape index (κ2) is 13.3. The van der Waals surface area contributed by atoms with Gasteiger partial charge in [0.15, 0.2) is 5.76 Å². The van der Waals surface area contributed by atoms with Gasteiger partial charge in [0, 0.05) is 38.9 Å². The molecule has 1 fully saturated rings. The molecule has 2 aliphatic rings. The van der Waals surface area contributed by atoms with Crippen LogP contribution in [0.25, 0.3) is 0 Å². The van der Waals surface area contributed by atoms with Crippen LogP contribution in [0.15, 0.2) is 65.2 Å². The van der Waals surface area contributed by atoms with Crippen LogP contribution in [0.5, 0.6) is 0 Å². The molecular weight excluding hydrogens is 574 g/mol. The molecule has 0 spiro atoms. The highest BCUT2D eigenvalue weighted by atomic mass is 16.5. The number of hydrogen-bond donors (Lipinski definition) is 3. The van der Waals surface area contributed by atoms with E-state index in [0.29, 0.717) is 31.2 Å². The van der Waals surface area contributed by atoms with Gasteiger partial charge in [-0.05, 0) is 95.0 Å². The summed E-state index contributed by atoms with van der Waals surface area (Å²) < 4.78 is 11.7. The Morgan fingerprint density at radius 1 is 0.935 bits per heavy atom. The van der Waals surface area contributed by atoms with Crippen LogP contribution in [0.1, 0.15) is 103 Å². The predicted molar refractivity (Wildman–Crippen MR) is 182 cm³/mol. The zero-order valence-corrected chi connectivity index (χ0v) is 27.8. The van der Waals surface area contributed by atoms with Crippen molar-refractivity contribution in [3.63, 3.8) is 0 Å². The lowest BCUT2D eigenvalue weighted by Gasteiger charge is -2.42. The first-order valence-corrected chi connectivity index (χ1v) is 16.6. The maximum absolute atomic E-state index is 13.0. The molecule has 0 radical (unpaired) electrons. The molecule has 1 aliphatic carbocycles. The third-order valence-electron chi connectivity index (χ3n) is 9.64. The number of hydrogen-bond acceptors (Lipinski definition) is 7. The fraction of sp³-hybridized carbons (Fsp3) is 0.447. The van der Waals surface area contributed by atoms with Crippen molar-refractivity contribution in [1.82, 2.24) is 15.3 Å². The van der Waals surface area contributed by atoms with Crippen LogP contribution < -0.4 is 16.0 Å². The number of aromatic nitrogens is 2. The number of carbonyl (C=O) groups excluding carboxylic acids is 1. The van der Waals surface area contributed by atoms with Crippen LogP contribution in [-0.2, 0) is 35.1 Å². The van der Waals surface area contributed by atoms with Crippen molar-refractivity contribution in [3.05, 3.63) is 106 Å². The number of carbonyl (C=O) groups is 1. The van der Waals surface area contributed by atoms with Crippen LogP contribution in [0.4, 0.5) is 11.8 Å². The van der Waals surface area contributed by atoms with Gasteiger partial charge in [0.05, 0.1) is 6.10 Å². The second-order valence-corrected chi connectivity index (χ2v) is 14.2. The Balaban J connectivity index is 1.02. The number of nitrogens with one attached hydrogen (secondary N) is 3. The van der Waals surface area contributed by atoms with Crippen LogP contribution in [-0.4, -0.2) is 35.1 Å². The van der Waals surface area contributed by atoms with Crippen LogP contribution in [0.3, 0.4) is 0 Å². The molecule has 1 atom stereocenters. The molecule has 2 aromatic heterocycles. The lowest BCUT2D eigenvalue weighted by Crippen LogP contribution is -2.34. The van der Waals surface area contributed by atoms with Gasteiger partial charge in [-0.25, -0.2) is 4.98 Å². The molecule has 1 saturated heterocycles. The zero-order chi connectivity index (χ0) is 32.3. The first-order valence-electron chi connectivity index (χ1n) is 16.6. The normalized spacial score (nSPS) is 18.2. The van der Waals surface area contributed by atoms with Crippen molar-refractivity contribution in [1.29, 1.82) is 0 Å². The summed E-state index contributed by atoms with van der Waals surface area (Å²) in [5, 5.41) is 9.66. The van der Waals surface area contributed by atoms with Crippen molar-refractivity contribution < 1.29 is 13.9 Å². The number of aryl methyl sites for hydroxylation is 1.